The van der Waals surface area contributed by atoms with Crippen molar-refractivity contribution in [3.63, 3.8) is 0 Å². The van der Waals surface area contributed by atoms with Gasteiger partial charge in [-0.1, -0.05) is 12.1 Å². The Bertz CT molecular complexity index is 403. The molecule has 1 aliphatic heterocycles. The summed E-state index contributed by atoms with van der Waals surface area (Å²) >= 11 is 0. The van der Waals surface area contributed by atoms with E-state index in [2.05, 4.69) is 0 Å². The molecule has 0 unspecified atom stereocenters. The Hall–Kier alpha value is -1.84. The van der Waals surface area contributed by atoms with Crippen LogP contribution in [0.2, 0.25) is 0 Å². The summed E-state index contributed by atoms with van der Waals surface area (Å²) in [5.41, 5.74) is 1.25. The molecule has 2 amide bonds. The number of carbonyl (C=O) groups is 2. The molecule has 0 bridgehead atoms. The average molecular weight is 204 g/mol. The summed E-state index contributed by atoms with van der Waals surface area (Å²) in [4.78, 5) is 25.8. The highest BCUT2D eigenvalue weighted by atomic mass is 16.2. The molecule has 1 fully saturated rings. The van der Waals surface area contributed by atoms with E-state index in [-0.39, 0.29) is 6.03 Å². The average Bonchev–Trinajstić information content (AvgIpc) is 2.60. The highest BCUT2D eigenvalue weighted by Crippen LogP contribution is 2.22. The van der Waals surface area contributed by atoms with E-state index in [1.807, 2.05) is 6.07 Å². The maximum absolute atomic E-state index is 11.7. The standard InChI is InChI=1S/C11H12N2O2/c1-12-6-7-13(11(12)15)10-5-3-2-4-9(10)8-14/h2-5,8H,6-7H2,1H3. The van der Waals surface area contributed by atoms with Gasteiger partial charge in [-0.3, -0.25) is 9.69 Å². The van der Waals surface area contributed by atoms with E-state index in [4.69, 9.17) is 0 Å². The van der Waals surface area contributed by atoms with Gasteiger partial charge in [0.15, 0.2) is 6.29 Å². The molecule has 0 spiro atoms. The van der Waals surface area contributed by atoms with Crippen molar-refractivity contribution >= 4 is 18.0 Å². The summed E-state index contributed by atoms with van der Waals surface area (Å²) in [7, 11) is 1.76. The lowest BCUT2D eigenvalue weighted by molar-refractivity contribution is 0.112. The number of benzene rings is 1. The molecule has 78 valence electrons. The van der Waals surface area contributed by atoms with Crippen molar-refractivity contribution in [2.75, 3.05) is 25.0 Å². The van der Waals surface area contributed by atoms with E-state index < -0.39 is 0 Å². The van der Waals surface area contributed by atoms with Crippen molar-refractivity contribution < 1.29 is 9.59 Å². The van der Waals surface area contributed by atoms with Gasteiger partial charge in [0.25, 0.3) is 0 Å². The monoisotopic (exact) mass is 204 g/mol. The van der Waals surface area contributed by atoms with Gasteiger partial charge in [-0.2, -0.15) is 0 Å². The Morgan fingerprint density at radius 1 is 1.27 bits per heavy atom. The van der Waals surface area contributed by atoms with E-state index in [9.17, 15) is 9.59 Å². The normalized spacial score (nSPS) is 15.9. The van der Waals surface area contributed by atoms with Crippen molar-refractivity contribution in [1.82, 2.24) is 4.90 Å². The first kappa shape index (κ1) is 9.71. The zero-order valence-electron chi connectivity index (χ0n) is 8.51. The van der Waals surface area contributed by atoms with Crippen molar-refractivity contribution in [3.05, 3.63) is 29.8 Å². The Morgan fingerprint density at radius 2 is 2.00 bits per heavy atom. The van der Waals surface area contributed by atoms with Gasteiger partial charge < -0.3 is 4.90 Å². The fourth-order valence-corrected chi connectivity index (χ4v) is 1.70. The minimum absolute atomic E-state index is 0.0516. The van der Waals surface area contributed by atoms with Crippen LogP contribution in [0.1, 0.15) is 10.4 Å². The van der Waals surface area contributed by atoms with Crippen molar-refractivity contribution in [3.8, 4) is 0 Å². The lowest BCUT2D eigenvalue weighted by Crippen LogP contribution is -2.29. The molecule has 1 aromatic carbocycles. The van der Waals surface area contributed by atoms with Gasteiger partial charge >= 0.3 is 6.03 Å². The predicted molar refractivity (Wildman–Crippen MR) is 57.2 cm³/mol. The van der Waals surface area contributed by atoms with Crippen LogP contribution in [-0.2, 0) is 0 Å². The summed E-state index contributed by atoms with van der Waals surface area (Å²) in [6.45, 7) is 1.34. The van der Waals surface area contributed by atoms with Crippen LogP contribution in [0.3, 0.4) is 0 Å². The first-order valence-corrected chi connectivity index (χ1v) is 4.81. The van der Waals surface area contributed by atoms with Gasteiger partial charge in [0.05, 0.1) is 5.69 Å². The number of rotatable bonds is 2. The minimum atomic E-state index is -0.0516. The number of urea groups is 1. The Morgan fingerprint density at radius 3 is 2.60 bits per heavy atom. The molecule has 0 aliphatic carbocycles. The van der Waals surface area contributed by atoms with E-state index in [0.29, 0.717) is 24.3 Å². The van der Waals surface area contributed by atoms with E-state index in [1.54, 1.807) is 35.0 Å². The third-order valence-electron chi connectivity index (χ3n) is 2.57. The summed E-state index contributed by atoms with van der Waals surface area (Å²) in [6.07, 6.45) is 0.779. The molecule has 0 atom stereocenters. The summed E-state index contributed by atoms with van der Waals surface area (Å²) in [5.74, 6) is 0. The number of likely N-dealkylation sites (N-methyl/N-ethyl adjacent to an activating group) is 1. The molecule has 0 aromatic heterocycles. The second-order valence-corrected chi connectivity index (χ2v) is 3.53. The molecule has 1 heterocycles. The van der Waals surface area contributed by atoms with Crippen molar-refractivity contribution in [2.24, 2.45) is 0 Å². The SMILES string of the molecule is CN1CCN(c2ccccc2C=O)C1=O. The third kappa shape index (κ3) is 1.58. The number of hydrogen-bond acceptors (Lipinski definition) is 2. The zero-order valence-corrected chi connectivity index (χ0v) is 8.51. The van der Waals surface area contributed by atoms with Crippen LogP contribution in [-0.4, -0.2) is 37.4 Å². The van der Waals surface area contributed by atoms with Gasteiger partial charge in [0.1, 0.15) is 0 Å². The second kappa shape index (κ2) is 3.73. The van der Waals surface area contributed by atoms with Gasteiger partial charge in [-0.15, -0.1) is 0 Å². The third-order valence-corrected chi connectivity index (χ3v) is 2.57. The molecule has 0 N–H and O–H groups in total. The molecular weight excluding hydrogens is 192 g/mol. The molecule has 1 saturated heterocycles. The maximum atomic E-state index is 11.7. The maximum Gasteiger partial charge on any atom is 0.324 e. The number of amides is 2. The van der Waals surface area contributed by atoms with Crippen molar-refractivity contribution in [2.45, 2.75) is 0 Å². The lowest BCUT2D eigenvalue weighted by Gasteiger charge is -2.17. The molecule has 1 aliphatic rings. The molecule has 2 rings (SSSR count). The number of para-hydroxylation sites is 1. The first-order chi connectivity index (χ1) is 7.24. The quantitative estimate of drug-likeness (QED) is 0.683. The van der Waals surface area contributed by atoms with Crippen molar-refractivity contribution in [1.29, 1.82) is 0 Å². The van der Waals surface area contributed by atoms with Crippen LogP contribution in [0, 0.1) is 0 Å². The molecule has 15 heavy (non-hydrogen) atoms. The number of anilines is 1. The van der Waals surface area contributed by atoms with Gasteiger partial charge in [0, 0.05) is 25.7 Å². The Kier molecular flexibility index (Phi) is 2.41. The number of hydrogen-bond donors (Lipinski definition) is 0. The summed E-state index contributed by atoms with van der Waals surface area (Å²) < 4.78 is 0. The van der Waals surface area contributed by atoms with E-state index in [0.717, 1.165) is 6.29 Å². The second-order valence-electron chi connectivity index (χ2n) is 3.53. The topological polar surface area (TPSA) is 40.6 Å². The van der Waals surface area contributed by atoms with Crippen LogP contribution < -0.4 is 4.90 Å². The number of carbonyl (C=O) groups excluding carboxylic acids is 2. The van der Waals surface area contributed by atoms with Gasteiger partial charge in [-0.05, 0) is 12.1 Å². The number of nitrogens with zero attached hydrogens (tertiary/aromatic N) is 2. The smallest absolute Gasteiger partial charge is 0.324 e. The molecule has 4 nitrogen and oxygen atoms in total. The fourth-order valence-electron chi connectivity index (χ4n) is 1.70. The predicted octanol–water partition coefficient (Wildman–Crippen LogP) is 1.37. The van der Waals surface area contributed by atoms with Crippen LogP contribution >= 0.6 is 0 Å². The van der Waals surface area contributed by atoms with Crippen LogP contribution in [0.4, 0.5) is 10.5 Å². The zero-order chi connectivity index (χ0) is 10.8. The Balaban J connectivity index is 2.37. The molecular formula is C11H12N2O2. The van der Waals surface area contributed by atoms with E-state index in [1.165, 1.54) is 0 Å². The summed E-state index contributed by atoms with van der Waals surface area (Å²) in [6, 6.07) is 7.07. The minimum Gasteiger partial charge on any atom is -0.326 e. The van der Waals surface area contributed by atoms with Crippen LogP contribution in [0.25, 0.3) is 0 Å². The lowest BCUT2D eigenvalue weighted by atomic mass is 10.2. The fraction of sp³-hybridized carbons (Fsp3) is 0.273. The highest BCUT2D eigenvalue weighted by molar-refractivity contribution is 5.98. The van der Waals surface area contributed by atoms with E-state index >= 15 is 0 Å². The molecule has 4 heteroatoms. The van der Waals surface area contributed by atoms with Gasteiger partial charge in [0.2, 0.25) is 0 Å². The largest absolute Gasteiger partial charge is 0.326 e. The highest BCUT2D eigenvalue weighted by Gasteiger charge is 2.27. The van der Waals surface area contributed by atoms with Crippen LogP contribution in [0.15, 0.2) is 24.3 Å². The van der Waals surface area contributed by atoms with Gasteiger partial charge in [-0.25, -0.2) is 4.79 Å². The molecule has 0 radical (unpaired) electrons. The van der Waals surface area contributed by atoms with Crippen LogP contribution in [0.5, 0.6) is 0 Å². The molecule has 0 saturated carbocycles. The Labute approximate surface area is 88.1 Å². The number of aldehydes is 1. The molecule has 1 aromatic rings. The summed E-state index contributed by atoms with van der Waals surface area (Å²) in [5, 5.41) is 0. The first-order valence-electron chi connectivity index (χ1n) is 4.81.